The van der Waals surface area contributed by atoms with Crippen LogP contribution in [0.25, 0.3) is 0 Å². The lowest BCUT2D eigenvalue weighted by Gasteiger charge is -2.04. The molecule has 0 spiro atoms. The summed E-state index contributed by atoms with van der Waals surface area (Å²) in [5, 5.41) is 0. The van der Waals surface area contributed by atoms with Crippen molar-refractivity contribution in [3.63, 3.8) is 0 Å². The van der Waals surface area contributed by atoms with E-state index in [1.807, 2.05) is 0 Å². The van der Waals surface area contributed by atoms with E-state index in [1.54, 1.807) is 11.3 Å². The summed E-state index contributed by atoms with van der Waals surface area (Å²) in [7, 11) is -3.16. The van der Waals surface area contributed by atoms with Gasteiger partial charge in [0.15, 0.2) is 0 Å². The van der Waals surface area contributed by atoms with Gasteiger partial charge in [-0.3, -0.25) is 0 Å². The predicted octanol–water partition coefficient (Wildman–Crippen LogP) is 2.29. The highest BCUT2D eigenvalue weighted by Gasteiger charge is 2.16. The molecule has 3 nitrogen and oxygen atoms in total. The van der Waals surface area contributed by atoms with Crippen LogP contribution >= 0.6 is 22.9 Å². The summed E-state index contributed by atoms with van der Waals surface area (Å²) in [4.78, 5) is 2.55. The summed E-state index contributed by atoms with van der Waals surface area (Å²) in [5.41, 5.74) is 1.41. The number of hydrogen-bond acceptors (Lipinski definition) is 3. The zero-order valence-corrected chi connectivity index (χ0v) is 11.9. The molecule has 1 aromatic heterocycles. The lowest BCUT2D eigenvalue weighted by molar-refractivity contribution is 0.580. The molecule has 1 aromatic rings. The first kappa shape index (κ1) is 13.3. The van der Waals surface area contributed by atoms with Crippen molar-refractivity contribution < 1.29 is 8.42 Å². The van der Waals surface area contributed by atoms with E-state index < -0.39 is 10.0 Å². The van der Waals surface area contributed by atoms with Crippen molar-refractivity contribution in [1.29, 1.82) is 0 Å². The maximum Gasteiger partial charge on any atom is 0.211 e. The van der Waals surface area contributed by atoms with Crippen molar-refractivity contribution in [1.82, 2.24) is 4.72 Å². The van der Waals surface area contributed by atoms with E-state index in [0.29, 0.717) is 18.8 Å². The molecule has 0 aromatic carbocycles. The summed E-state index contributed by atoms with van der Waals surface area (Å²) in [6, 6.07) is 2.14. The average Bonchev–Trinajstić information content (AvgIpc) is 2.84. The smallest absolute Gasteiger partial charge is 0.211 e. The van der Waals surface area contributed by atoms with Crippen LogP contribution < -0.4 is 4.72 Å². The summed E-state index contributed by atoms with van der Waals surface area (Å²) in [6.45, 7) is 0.419. The molecule has 0 unspecified atom stereocenters. The molecule has 6 heteroatoms. The molecule has 0 fully saturated rings. The van der Waals surface area contributed by atoms with E-state index in [1.165, 1.54) is 16.9 Å². The Morgan fingerprint density at radius 3 is 2.94 bits per heavy atom. The number of sulfonamides is 1. The maximum atomic E-state index is 11.6. The molecule has 1 heterocycles. The van der Waals surface area contributed by atoms with E-state index in [-0.39, 0.29) is 5.75 Å². The Labute approximate surface area is 111 Å². The molecule has 96 valence electrons. The highest BCUT2D eigenvalue weighted by atomic mass is 35.5. The quantitative estimate of drug-likeness (QED) is 0.818. The third-order valence-electron chi connectivity index (χ3n) is 2.81. The van der Waals surface area contributed by atoms with Crippen LogP contribution in [0, 0.1) is 0 Å². The van der Waals surface area contributed by atoms with Gasteiger partial charge in [0, 0.05) is 22.2 Å². The predicted molar refractivity (Wildman–Crippen MR) is 72.3 cm³/mol. The third kappa shape index (κ3) is 3.68. The normalized spacial score (nSPS) is 15.1. The minimum Gasteiger partial charge on any atom is -0.212 e. The molecule has 0 aliphatic heterocycles. The highest BCUT2D eigenvalue weighted by molar-refractivity contribution is 7.89. The van der Waals surface area contributed by atoms with Crippen LogP contribution in [0.2, 0.25) is 0 Å². The number of nitrogens with one attached hydrogen (secondary N) is 1. The number of thiophene rings is 1. The van der Waals surface area contributed by atoms with Crippen LogP contribution in [0.1, 0.15) is 28.2 Å². The van der Waals surface area contributed by atoms with Gasteiger partial charge in [-0.25, -0.2) is 13.1 Å². The number of halogens is 1. The van der Waals surface area contributed by atoms with Gasteiger partial charge in [-0.2, -0.15) is 0 Å². The fourth-order valence-electron chi connectivity index (χ4n) is 1.98. The Hall–Kier alpha value is -0.100. The van der Waals surface area contributed by atoms with E-state index in [2.05, 4.69) is 10.8 Å². The fraction of sp³-hybridized carbons (Fsp3) is 0.636. The lowest BCUT2D eigenvalue weighted by atomic mass is 10.2. The first-order chi connectivity index (χ1) is 8.11. The van der Waals surface area contributed by atoms with E-state index in [4.69, 9.17) is 11.6 Å². The molecule has 0 saturated heterocycles. The Kier molecular flexibility index (Phi) is 4.47. The van der Waals surface area contributed by atoms with Crippen molar-refractivity contribution >= 4 is 33.0 Å². The van der Waals surface area contributed by atoms with Gasteiger partial charge < -0.3 is 0 Å². The molecule has 1 N–H and O–H groups in total. The molecule has 0 bridgehead atoms. The van der Waals surface area contributed by atoms with E-state index >= 15 is 0 Å². The monoisotopic (exact) mass is 293 g/mol. The zero-order valence-electron chi connectivity index (χ0n) is 9.54. The number of aryl methyl sites for hydroxylation is 2. The van der Waals surface area contributed by atoms with Gasteiger partial charge in [0.05, 0.1) is 5.75 Å². The number of fused-ring (bicyclic) bond motifs is 1. The van der Waals surface area contributed by atoms with Gasteiger partial charge in [0.25, 0.3) is 0 Å². The van der Waals surface area contributed by atoms with Crippen LogP contribution in [0.15, 0.2) is 6.07 Å². The lowest BCUT2D eigenvalue weighted by Crippen LogP contribution is -2.25. The fourth-order valence-corrected chi connectivity index (χ4v) is 4.60. The summed E-state index contributed by atoms with van der Waals surface area (Å²) in [6.07, 6.45) is 4.03. The first-order valence-electron chi connectivity index (χ1n) is 5.74. The Morgan fingerprint density at radius 2 is 2.24 bits per heavy atom. The van der Waals surface area contributed by atoms with Crippen LogP contribution in [0.5, 0.6) is 0 Å². The second-order valence-corrected chi connectivity index (χ2v) is 7.72. The van der Waals surface area contributed by atoms with E-state index in [9.17, 15) is 8.42 Å². The Balaban J connectivity index is 1.89. The minimum atomic E-state index is -3.16. The molecule has 0 atom stereocenters. The van der Waals surface area contributed by atoms with Crippen LogP contribution in [-0.4, -0.2) is 20.1 Å². The van der Waals surface area contributed by atoms with Crippen molar-refractivity contribution in [3.8, 4) is 0 Å². The Morgan fingerprint density at radius 1 is 1.41 bits per heavy atom. The third-order valence-corrected chi connectivity index (χ3v) is 5.73. The summed E-state index contributed by atoms with van der Waals surface area (Å²) < 4.78 is 25.8. The van der Waals surface area contributed by atoms with Gasteiger partial charge in [0.2, 0.25) is 10.0 Å². The van der Waals surface area contributed by atoms with E-state index in [0.717, 1.165) is 17.7 Å². The van der Waals surface area contributed by atoms with Gasteiger partial charge in [-0.05, 0) is 37.3 Å². The molecular weight excluding hydrogens is 278 g/mol. The highest BCUT2D eigenvalue weighted by Crippen LogP contribution is 2.30. The molecular formula is C11H16ClNO2S2. The molecule has 0 radical (unpaired) electrons. The first-order valence-corrected chi connectivity index (χ1v) is 8.75. The molecule has 0 saturated carbocycles. The number of rotatable bonds is 6. The Bertz CT molecular complexity index is 460. The average molecular weight is 294 g/mol. The molecule has 1 aliphatic rings. The van der Waals surface area contributed by atoms with Gasteiger partial charge in [-0.1, -0.05) is 0 Å². The van der Waals surface area contributed by atoms with Crippen molar-refractivity contribution in [2.75, 3.05) is 11.6 Å². The molecule has 17 heavy (non-hydrogen) atoms. The van der Waals surface area contributed by atoms with Gasteiger partial charge >= 0.3 is 0 Å². The standard InChI is InChI=1S/C11H16ClNO2S2/c12-5-2-6-17(14,15)13-8-10-7-9-3-1-4-11(9)16-10/h7,13H,1-6,8H2. The second-order valence-electron chi connectivity index (χ2n) is 4.20. The van der Waals surface area contributed by atoms with Crippen molar-refractivity contribution in [3.05, 3.63) is 21.4 Å². The zero-order chi connectivity index (χ0) is 12.3. The maximum absolute atomic E-state index is 11.6. The van der Waals surface area contributed by atoms with Gasteiger partial charge in [0.1, 0.15) is 0 Å². The molecule has 2 rings (SSSR count). The molecule has 0 amide bonds. The second kappa shape index (κ2) is 5.69. The molecule has 1 aliphatic carbocycles. The summed E-state index contributed by atoms with van der Waals surface area (Å²) >= 11 is 7.22. The largest absolute Gasteiger partial charge is 0.212 e. The minimum absolute atomic E-state index is 0.113. The number of hydrogen-bond donors (Lipinski definition) is 1. The van der Waals surface area contributed by atoms with Crippen LogP contribution in [0.4, 0.5) is 0 Å². The van der Waals surface area contributed by atoms with Gasteiger partial charge in [-0.15, -0.1) is 22.9 Å². The van der Waals surface area contributed by atoms with Crippen molar-refractivity contribution in [2.24, 2.45) is 0 Å². The number of alkyl halides is 1. The van der Waals surface area contributed by atoms with Crippen LogP contribution in [-0.2, 0) is 29.4 Å². The van der Waals surface area contributed by atoms with Crippen LogP contribution in [0.3, 0.4) is 0 Å². The topological polar surface area (TPSA) is 46.2 Å². The summed E-state index contributed by atoms with van der Waals surface area (Å²) in [5.74, 6) is 0.496. The SMILES string of the molecule is O=S(=O)(CCCCl)NCc1cc2c(s1)CCC2. The van der Waals surface area contributed by atoms with Crippen molar-refractivity contribution in [2.45, 2.75) is 32.2 Å².